The minimum absolute atomic E-state index is 0.330. The lowest BCUT2D eigenvalue weighted by Gasteiger charge is -2.26. The van der Waals surface area contributed by atoms with Crippen LogP contribution in [0.25, 0.3) is 11.3 Å². The van der Waals surface area contributed by atoms with Crippen LogP contribution in [-0.2, 0) is 16.0 Å². The average Bonchev–Trinajstić information content (AvgIpc) is 3.30. The molecular formula is C23H25N5O3S. The number of thiazole rings is 1. The van der Waals surface area contributed by atoms with Crippen molar-refractivity contribution in [2.45, 2.75) is 12.5 Å². The first-order chi connectivity index (χ1) is 15.6. The molecule has 0 radical (unpaired) electrons. The Bertz CT molecular complexity index is 1050. The van der Waals surface area contributed by atoms with E-state index in [0.717, 1.165) is 48.3 Å². The third-order valence-corrected chi connectivity index (χ3v) is 6.04. The van der Waals surface area contributed by atoms with Gasteiger partial charge in [0.1, 0.15) is 6.04 Å². The van der Waals surface area contributed by atoms with Crippen molar-refractivity contribution in [2.24, 2.45) is 5.73 Å². The first kappa shape index (κ1) is 21.8. The molecule has 8 nitrogen and oxygen atoms in total. The molecule has 4 N–H and O–H groups in total. The van der Waals surface area contributed by atoms with E-state index >= 15 is 0 Å². The van der Waals surface area contributed by atoms with E-state index in [1.54, 1.807) is 11.3 Å². The van der Waals surface area contributed by atoms with E-state index in [4.69, 9.17) is 15.5 Å². The highest BCUT2D eigenvalue weighted by atomic mass is 32.1. The quantitative estimate of drug-likeness (QED) is 0.512. The molecule has 32 heavy (non-hydrogen) atoms. The lowest BCUT2D eigenvalue weighted by molar-refractivity contribution is -0.117. The van der Waals surface area contributed by atoms with Gasteiger partial charge in [0.15, 0.2) is 5.13 Å². The number of hydrogen-bond acceptors (Lipinski definition) is 6. The van der Waals surface area contributed by atoms with Gasteiger partial charge in [0.25, 0.3) is 0 Å². The zero-order valence-electron chi connectivity index (χ0n) is 17.5. The Morgan fingerprint density at radius 1 is 1.09 bits per heavy atom. The van der Waals surface area contributed by atoms with E-state index in [9.17, 15) is 9.59 Å². The monoisotopic (exact) mass is 451 g/mol. The number of nitrogens with one attached hydrogen (secondary N) is 2. The number of aromatic nitrogens is 1. The SMILES string of the molecule is NC(=O)N[C@H](Cc1ccccc1)C(=O)Nc1ccc(-c2csc(N3CCOCC3)n2)cc1. The topological polar surface area (TPSA) is 110 Å². The Kier molecular flexibility index (Phi) is 6.98. The van der Waals surface area contributed by atoms with Crippen LogP contribution in [0.15, 0.2) is 60.0 Å². The fraction of sp³-hybridized carbons (Fsp3) is 0.261. The summed E-state index contributed by atoms with van der Waals surface area (Å²) in [5, 5.41) is 8.40. The number of nitrogens with zero attached hydrogens (tertiary/aromatic N) is 2. The van der Waals surface area contributed by atoms with Crippen LogP contribution < -0.4 is 21.3 Å². The summed E-state index contributed by atoms with van der Waals surface area (Å²) in [7, 11) is 0. The van der Waals surface area contributed by atoms with Crippen molar-refractivity contribution in [1.82, 2.24) is 10.3 Å². The minimum atomic E-state index is -0.774. The van der Waals surface area contributed by atoms with E-state index in [2.05, 4.69) is 15.5 Å². The molecule has 0 bridgehead atoms. The molecule has 0 saturated carbocycles. The van der Waals surface area contributed by atoms with Gasteiger partial charge in [0.05, 0.1) is 18.9 Å². The molecule has 0 aliphatic carbocycles. The molecule has 1 fully saturated rings. The molecule has 3 amide bonds. The van der Waals surface area contributed by atoms with Crippen molar-refractivity contribution < 1.29 is 14.3 Å². The molecular weight excluding hydrogens is 426 g/mol. The number of carbonyl (C=O) groups is 2. The van der Waals surface area contributed by atoms with Crippen molar-refractivity contribution >= 4 is 34.1 Å². The molecule has 0 unspecified atom stereocenters. The summed E-state index contributed by atoms with van der Waals surface area (Å²) in [6, 6.07) is 15.4. The molecule has 1 aliphatic heterocycles. The normalized spacial score (nSPS) is 14.6. The zero-order chi connectivity index (χ0) is 22.3. The highest BCUT2D eigenvalue weighted by molar-refractivity contribution is 7.14. The molecule has 9 heteroatoms. The van der Waals surface area contributed by atoms with Gasteiger partial charge in [-0.15, -0.1) is 11.3 Å². The van der Waals surface area contributed by atoms with Gasteiger partial charge >= 0.3 is 6.03 Å². The molecule has 1 aliphatic rings. The maximum atomic E-state index is 12.8. The van der Waals surface area contributed by atoms with Gasteiger partial charge < -0.3 is 26.0 Å². The number of rotatable bonds is 7. The van der Waals surface area contributed by atoms with Crippen LogP contribution in [0.3, 0.4) is 0 Å². The summed E-state index contributed by atoms with van der Waals surface area (Å²) >= 11 is 1.61. The largest absolute Gasteiger partial charge is 0.378 e. The number of ether oxygens (including phenoxy) is 1. The summed E-state index contributed by atoms with van der Waals surface area (Å²) in [5.41, 5.74) is 8.69. The second kappa shape index (κ2) is 10.3. The second-order valence-electron chi connectivity index (χ2n) is 7.43. The Morgan fingerprint density at radius 3 is 2.50 bits per heavy atom. The van der Waals surface area contributed by atoms with E-state index in [-0.39, 0.29) is 5.91 Å². The molecule has 3 aromatic rings. The third-order valence-electron chi connectivity index (χ3n) is 5.14. The van der Waals surface area contributed by atoms with Crippen molar-refractivity contribution in [3.63, 3.8) is 0 Å². The van der Waals surface area contributed by atoms with Crippen LogP contribution >= 0.6 is 11.3 Å². The van der Waals surface area contributed by atoms with E-state index in [1.165, 1.54) is 0 Å². The lowest BCUT2D eigenvalue weighted by atomic mass is 10.1. The highest BCUT2D eigenvalue weighted by Gasteiger charge is 2.21. The van der Waals surface area contributed by atoms with E-state index in [0.29, 0.717) is 12.1 Å². The number of benzene rings is 2. The van der Waals surface area contributed by atoms with Gasteiger partial charge in [-0.2, -0.15) is 0 Å². The predicted octanol–water partition coefficient (Wildman–Crippen LogP) is 2.86. The number of urea groups is 1. The molecule has 2 heterocycles. The number of anilines is 2. The molecule has 1 atom stereocenters. The van der Waals surface area contributed by atoms with Gasteiger partial charge in [0, 0.05) is 36.1 Å². The van der Waals surface area contributed by atoms with Gasteiger partial charge in [-0.1, -0.05) is 42.5 Å². The summed E-state index contributed by atoms with van der Waals surface area (Å²) in [6.07, 6.45) is 0.344. The van der Waals surface area contributed by atoms with E-state index < -0.39 is 12.1 Å². The van der Waals surface area contributed by atoms with Crippen LogP contribution in [0.5, 0.6) is 0 Å². The first-order valence-corrected chi connectivity index (χ1v) is 11.3. The van der Waals surface area contributed by atoms with Crippen LogP contribution in [0, 0.1) is 0 Å². The maximum absolute atomic E-state index is 12.8. The standard InChI is InChI=1S/C23H25N5O3S/c24-22(30)26-19(14-16-4-2-1-3-5-16)21(29)25-18-8-6-17(7-9-18)20-15-32-23(27-20)28-10-12-31-13-11-28/h1-9,15,19H,10-14H2,(H,25,29)(H3,24,26,30)/t19-/m1/s1. The van der Waals surface area contributed by atoms with Crippen molar-refractivity contribution in [3.8, 4) is 11.3 Å². The Hall–Kier alpha value is -3.43. The lowest BCUT2D eigenvalue weighted by Crippen LogP contribution is -2.47. The van der Waals surface area contributed by atoms with Crippen molar-refractivity contribution in [3.05, 3.63) is 65.5 Å². The molecule has 1 aromatic heterocycles. The first-order valence-electron chi connectivity index (χ1n) is 10.4. The predicted molar refractivity (Wildman–Crippen MR) is 126 cm³/mol. The van der Waals surface area contributed by atoms with Gasteiger partial charge in [-0.3, -0.25) is 4.79 Å². The van der Waals surface area contributed by atoms with Crippen molar-refractivity contribution in [2.75, 3.05) is 36.5 Å². The number of hydrogen-bond donors (Lipinski definition) is 3. The summed E-state index contributed by atoms with van der Waals surface area (Å²) in [5.74, 6) is -0.330. The van der Waals surface area contributed by atoms with E-state index in [1.807, 2.05) is 60.0 Å². The number of morpholine rings is 1. The summed E-state index contributed by atoms with van der Waals surface area (Å²) in [6.45, 7) is 3.14. The Balaban J connectivity index is 1.41. The van der Waals surface area contributed by atoms with Gasteiger partial charge in [-0.25, -0.2) is 9.78 Å². The smallest absolute Gasteiger partial charge is 0.312 e. The summed E-state index contributed by atoms with van der Waals surface area (Å²) < 4.78 is 5.40. The highest BCUT2D eigenvalue weighted by Crippen LogP contribution is 2.28. The molecule has 2 aromatic carbocycles. The number of carbonyl (C=O) groups excluding carboxylic acids is 2. The zero-order valence-corrected chi connectivity index (χ0v) is 18.3. The molecule has 4 rings (SSSR count). The molecule has 0 spiro atoms. The van der Waals surface area contributed by atoms with Crippen LogP contribution in [0.2, 0.25) is 0 Å². The van der Waals surface area contributed by atoms with Crippen molar-refractivity contribution in [1.29, 1.82) is 0 Å². The third kappa shape index (κ3) is 5.63. The number of amides is 3. The fourth-order valence-electron chi connectivity index (χ4n) is 3.48. The minimum Gasteiger partial charge on any atom is -0.378 e. The van der Waals surface area contributed by atoms with Crippen LogP contribution in [0.1, 0.15) is 5.56 Å². The second-order valence-corrected chi connectivity index (χ2v) is 8.27. The number of nitrogens with two attached hydrogens (primary N) is 1. The Morgan fingerprint density at radius 2 is 1.81 bits per heavy atom. The maximum Gasteiger partial charge on any atom is 0.312 e. The summed E-state index contributed by atoms with van der Waals surface area (Å²) in [4.78, 5) is 31.1. The fourth-order valence-corrected chi connectivity index (χ4v) is 4.37. The van der Waals surface area contributed by atoms with Gasteiger partial charge in [-0.05, 0) is 17.7 Å². The van der Waals surface area contributed by atoms with Gasteiger partial charge in [0.2, 0.25) is 5.91 Å². The molecule has 1 saturated heterocycles. The molecule has 166 valence electrons. The van der Waals surface area contributed by atoms with Crippen LogP contribution in [0.4, 0.5) is 15.6 Å². The average molecular weight is 452 g/mol. The van der Waals surface area contributed by atoms with Crippen LogP contribution in [-0.4, -0.2) is 49.3 Å². The number of primary amides is 1. The Labute approximate surface area is 190 Å².